The molecule has 0 amide bonds. The van der Waals surface area contributed by atoms with Crippen molar-refractivity contribution in [2.75, 3.05) is 0 Å². The van der Waals surface area contributed by atoms with E-state index >= 15 is 0 Å². The van der Waals surface area contributed by atoms with Gasteiger partial charge in [0, 0.05) is 5.41 Å². The average molecular weight is 450 g/mol. The molecule has 0 unspecified atom stereocenters. The van der Waals surface area contributed by atoms with E-state index in [1.807, 2.05) is 13.8 Å². The normalized spacial score (nSPS) is 47.1. The molecule has 0 aromatic rings. The Kier molecular flexibility index (Phi) is 5.56. The van der Waals surface area contributed by atoms with Crippen LogP contribution in [-0.2, 0) is 13.9 Å². The van der Waals surface area contributed by atoms with E-state index in [1.54, 1.807) is 0 Å². The first-order valence-electron chi connectivity index (χ1n) is 12.3. The van der Waals surface area contributed by atoms with Crippen LogP contribution < -0.4 is 0 Å². The highest BCUT2D eigenvalue weighted by Gasteiger charge is 2.78. The number of nitrogens with zero attached hydrogens (tertiary/aromatic N) is 1. The summed E-state index contributed by atoms with van der Waals surface area (Å²) < 4.78 is 20.7. The van der Waals surface area contributed by atoms with Gasteiger partial charge in [0.1, 0.15) is 11.7 Å². The van der Waals surface area contributed by atoms with Crippen LogP contribution in [0.2, 0.25) is 18.1 Å². The first-order valence-corrected chi connectivity index (χ1v) is 15.3. The standard InChI is InChI=1S/C25H43NO4Si/c1-16-14-24-12-10-9-11-17(21(24)29-31(7,8)22(2,3)4)13-18(15-26)19(27)25(24)20(16)28-23(5,6)30-25/h16-21,27H,9-14H2,1-8H3/t16-,17+,18-,19-,20+,21+,24-,25+/m1/s1. The van der Waals surface area contributed by atoms with Gasteiger partial charge in [0.2, 0.25) is 0 Å². The maximum Gasteiger partial charge on any atom is 0.192 e. The third-order valence-electron chi connectivity index (χ3n) is 9.42. The number of hydrogen-bond donors (Lipinski definition) is 1. The van der Waals surface area contributed by atoms with Crippen molar-refractivity contribution in [3.63, 3.8) is 0 Å². The van der Waals surface area contributed by atoms with E-state index in [0.717, 1.165) is 32.1 Å². The molecule has 1 saturated heterocycles. The van der Waals surface area contributed by atoms with Crippen molar-refractivity contribution >= 4 is 8.32 Å². The predicted molar refractivity (Wildman–Crippen MR) is 123 cm³/mol. The molecular formula is C25H43NO4Si. The van der Waals surface area contributed by atoms with E-state index in [1.165, 1.54) is 0 Å². The quantitative estimate of drug-likeness (QED) is 0.572. The predicted octanol–water partition coefficient (Wildman–Crippen LogP) is 5.39. The summed E-state index contributed by atoms with van der Waals surface area (Å²) in [6.07, 6.45) is 4.83. The summed E-state index contributed by atoms with van der Waals surface area (Å²) in [7, 11) is -2.09. The number of nitriles is 1. The Hall–Kier alpha value is -0.453. The number of hydrogen-bond acceptors (Lipinski definition) is 5. The summed E-state index contributed by atoms with van der Waals surface area (Å²) in [6, 6.07) is 2.47. The molecule has 4 rings (SSSR count). The summed E-state index contributed by atoms with van der Waals surface area (Å²) in [6.45, 7) is 17.7. The van der Waals surface area contributed by atoms with Crippen molar-refractivity contribution in [2.24, 2.45) is 23.2 Å². The van der Waals surface area contributed by atoms with Gasteiger partial charge >= 0.3 is 0 Å². The molecule has 0 aromatic carbocycles. The van der Waals surface area contributed by atoms with Gasteiger partial charge in [-0.2, -0.15) is 5.26 Å². The molecule has 8 atom stereocenters. The van der Waals surface area contributed by atoms with Crippen LogP contribution in [0.4, 0.5) is 0 Å². The minimum atomic E-state index is -2.09. The summed E-state index contributed by atoms with van der Waals surface area (Å²) in [5.41, 5.74) is -1.21. The Balaban J connectivity index is 1.93. The number of aliphatic hydroxyl groups is 1. The van der Waals surface area contributed by atoms with Crippen LogP contribution >= 0.6 is 0 Å². The van der Waals surface area contributed by atoms with Crippen molar-refractivity contribution < 1.29 is 19.0 Å². The Morgan fingerprint density at radius 1 is 1.19 bits per heavy atom. The lowest BCUT2D eigenvalue weighted by molar-refractivity contribution is -0.241. The zero-order valence-electron chi connectivity index (χ0n) is 20.8. The molecule has 31 heavy (non-hydrogen) atoms. The first-order chi connectivity index (χ1) is 14.2. The second-order valence-electron chi connectivity index (χ2n) is 12.9. The monoisotopic (exact) mass is 449 g/mol. The van der Waals surface area contributed by atoms with E-state index < -0.39 is 31.7 Å². The second-order valence-corrected chi connectivity index (χ2v) is 17.6. The summed E-state index contributed by atoms with van der Waals surface area (Å²) in [5, 5.41) is 22.1. The highest BCUT2D eigenvalue weighted by molar-refractivity contribution is 6.74. The average Bonchev–Trinajstić information content (AvgIpc) is 2.96. The lowest BCUT2D eigenvalue weighted by Gasteiger charge is -2.53. The number of fused-ring (bicyclic) bond motifs is 1. The SMILES string of the molecule is C[C@@H]1C[C@@]23CCCC[C@@H](C[C@H](C#N)[C@@H](O)[C@@]24OC(C)(C)O[C@@H]14)[C@@H]3O[Si](C)(C)C(C)(C)C. The molecule has 6 heteroatoms. The van der Waals surface area contributed by atoms with E-state index in [4.69, 9.17) is 13.9 Å². The summed E-state index contributed by atoms with van der Waals surface area (Å²) in [4.78, 5) is 0. The van der Waals surface area contributed by atoms with Crippen LogP contribution in [-0.4, -0.2) is 43.1 Å². The Morgan fingerprint density at radius 3 is 2.48 bits per heavy atom. The van der Waals surface area contributed by atoms with Crippen LogP contribution in [0.25, 0.3) is 0 Å². The molecule has 1 heterocycles. The Morgan fingerprint density at radius 2 is 1.87 bits per heavy atom. The minimum absolute atomic E-state index is 0.00570. The van der Waals surface area contributed by atoms with Crippen molar-refractivity contribution in [1.29, 1.82) is 5.26 Å². The lowest BCUT2D eigenvalue weighted by atomic mass is 9.64. The Bertz CT molecular complexity index is 756. The van der Waals surface area contributed by atoms with Gasteiger partial charge in [0.25, 0.3) is 0 Å². The summed E-state index contributed by atoms with van der Waals surface area (Å²) >= 11 is 0. The molecular weight excluding hydrogens is 406 g/mol. The van der Waals surface area contributed by atoms with Crippen LogP contribution in [0.3, 0.4) is 0 Å². The van der Waals surface area contributed by atoms with Crippen molar-refractivity contribution in [3.05, 3.63) is 0 Å². The van der Waals surface area contributed by atoms with Crippen LogP contribution in [0.15, 0.2) is 0 Å². The molecule has 0 radical (unpaired) electrons. The molecule has 4 fully saturated rings. The van der Waals surface area contributed by atoms with E-state index in [2.05, 4.69) is 46.9 Å². The maximum absolute atomic E-state index is 11.9. The van der Waals surface area contributed by atoms with Gasteiger partial charge in [-0.05, 0) is 69.5 Å². The van der Waals surface area contributed by atoms with Gasteiger partial charge in [-0.1, -0.05) is 40.5 Å². The molecule has 2 bridgehead atoms. The lowest BCUT2D eigenvalue weighted by Crippen LogP contribution is -2.64. The fourth-order valence-corrected chi connectivity index (χ4v) is 8.63. The Labute approximate surface area is 190 Å². The summed E-state index contributed by atoms with van der Waals surface area (Å²) in [5.74, 6) is -0.714. The number of rotatable bonds is 2. The molecule has 176 valence electrons. The molecule has 4 aliphatic rings. The number of aliphatic hydroxyl groups excluding tert-OH is 1. The smallest absolute Gasteiger partial charge is 0.192 e. The maximum atomic E-state index is 11.9. The van der Waals surface area contributed by atoms with Crippen LogP contribution in [0.5, 0.6) is 0 Å². The van der Waals surface area contributed by atoms with Crippen molar-refractivity contribution in [3.8, 4) is 6.07 Å². The van der Waals surface area contributed by atoms with Gasteiger partial charge in [-0.25, -0.2) is 0 Å². The zero-order valence-corrected chi connectivity index (χ0v) is 21.8. The van der Waals surface area contributed by atoms with E-state index in [0.29, 0.717) is 6.42 Å². The third kappa shape index (κ3) is 3.29. The molecule has 1 N–H and O–H groups in total. The molecule has 1 aliphatic heterocycles. The van der Waals surface area contributed by atoms with E-state index in [9.17, 15) is 10.4 Å². The molecule has 5 nitrogen and oxygen atoms in total. The molecule has 3 saturated carbocycles. The minimum Gasteiger partial charge on any atom is -0.413 e. The highest BCUT2D eigenvalue weighted by atomic mass is 28.4. The van der Waals surface area contributed by atoms with Gasteiger partial charge in [0.15, 0.2) is 14.1 Å². The van der Waals surface area contributed by atoms with Crippen LogP contribution in [0, 0.1) is 34.5 Å². The third-order valence-corrected chi connectivity index (χ3v) is 13.9. The van der Waals surface area contributed by atoms with Gasteiger partial charge in [-0.15, -0.1) is 0 Å². The van der Waals surface area contributed by atoms with Gasteiger partial charge in [0.05, 0.1) is 24.2 Å². The van der Waals surface area contributed by atoms with Crippen LogP contribution in [0.1, 0.15) is 80.1 Å². The van der Waals surface area contributed by atoms with Crippen molar-refractivity contribution in [2.45, 2.75) is 128 Å². The zero-order chi connectivity index (χ0) is 23.0. The van der Waals surface area contributed by atoms with Gasteiger partial charge in [-0.3, -0.25) is 0 Å². The first kappa shape index (κ1) is 23.7. The molecule has 2 spiro atoms. The van der Waals surface area contributed by atoms with E-state index in [-0.39, 0.29) is 34.5 Å². The van der Waals surface area contributed by atoms with Crippen molar-refractivity contribution in [1.82, 2.24) is 0 Å². The fourth-order valence-electron chi connectivity index (χ4n) is 7.22. The number of ether oxygens (including phenoxy) is 2. The highest BCUT2D eigenvalue weighted by Crippen LogP contribution is 2.68. The second kappa shape index (κ2) is 7.27. The molecule has 0 aromatic heterocycles. The topological polar surface area (TPSA) is 71.7 Å². The van der Waals surface area contributed by atoms with Gasteiger partial charge < -0.3 is 19.0 Å². The fraction of sp³-hybridized carbons (Fsp3) is 0.960. The molecule has 3 aliphatic carbocycles. The largest absolute Gasteiger partial charge is 0.413 e.